The van der Waals surface area contributed by atoms with Gasteiger partial charge < -0.3 is 4.74 Å². The molecule has 0 unspecified atom stereocenters. The molecule has 72 valence electrons. The fourth-order valence-electron chi connectivity index (χ4n) is 1.73. The molecule has 0 bridgehead atoms. The Balaban J connectivity index is 2.36. The summed E-state index contributed by atoms with van der Waals surface area (Å²) in [6.07, 6.45) is 0.876. The molecule has 0 amide bonds. The molecule has 2 aromatic heterocycles. The number of nitrogens with zero attached hydrogens (tertiary/aromatic N) is 1. The maximum Gasteiger partial charge on any atom is 0.0828 e. The summed E-state index contributed by atoms with van der Waals surface area (Å²) in [6, 6.07) is 2.02. The Kier molecular flexibility index (Phi) is 1.97. The maximum absolute atomic E-state index is 6.29. The van der Waals surface area contributed by atoms with Crippen LogP contribution >= 0.6 is 22.9 Å². The SMILES string of the molecule is Clc1c2c(nc3ccsc13)CCOC2. The molecule has 2 aromatic rings. The van der Waals surface area contributed by atoms with Crippen LogP contribution in [0.5, 0.6) is 0 Å². The minimum Gasteiger partial charge on any atom is -0.376 e. The monoisotopic (exact) mass is 225 g/mol. The van der Waals surface area contributed by atoms with Gasteiger partial charge in [-0.2, -0.15) is 0 Å². The molecule has 0 aromatic carbocycles. The van der Waals surface area contributed by atoms with E-state index in [2.05, 4.69) is 4.98 Å². The lowest BCUT2D eigenvalue weighted by atomic mass is 10.1. The van der Waals surface area contributed by atoms with E-state index < -0.39 is 0 Å². The molecule has 0 fully saturated rings. The molecule has 0 N–H and O–H groups in total. The van der Waals surface area contributed by atoms with Crippen molar-refractivity contribution >= 4 is 33.2 Å². The number of aromatic nitrogens is 1. The highest BCUT2D eigenvalue weighted by Gasteiger charge is 2.17. The minimum atomic E-state index is 0.606. The van der Waals surface area contributed by atoms with Crippen LogP contribution in [0.15, 0.2) is 11.4 Å². The first-order valence-electron chi connectivity index (χ1n) is 4.48. The molecular formula is C10H8ClNOS. The first-order chi connectivity index (χ1) is 6.86. The highest BCUT2D eigenvalue weighted by Crippen LogP contribution is 2.33. The third kappa shape index (κ3) is 1.16. The van der Waals surface area contributed by atoms with Crippen molar-refractivity contribution in [2.24, 2.45) is 0 Å². The first-order valence-corrected chi connectivity index (χ1v) is 5.74. The van der Waals surface area contributed by atoms with E-state index in [4.69, 9.17) is 16.3 Å². The molecule has 3 rings (SSSR count). The average Bonchev–Trinajstić information content (AvgIpc) is 2.66. The number of thiophene rings is 1. The number of hydrogen-bond acceptors (Lipinski definition) is 3. The third-order valence-corrected chi connectivity index (χ3v) is 3.89. The van der Waals surface area contributed by atoms with Crippen LogP contribution in [0.3, 0.4) is 0 Å². The standard InChI is InChI=1S/C10H8ClNOS/c11-9-6-5-13-3-1-7(6)12-8-2-4-14-10(8)9/h2,4H,1,3,5H2. The number of fused-ring (bicyclic) bond motifs is 2. The second-order valence-electron chi connectivity index (χ2n) is 3.29. The highest BCUT2D eigenvalue weighted by atomic mass is 35.5. The van der Waals surface area contributed by atoms with Gasteiger partial charge >= 0.3 is 0 Å². The van der Waals surface area contributed by atoms with Crippen molar-refractivity contribution in [3.63, 3.8) is 0 Å². The van der Waals surface area contributed by atoms with E-state index in [1.807, 2.05) is 11.4 Å². The second-order valence-corrected chi connectivity index (χ2v) is 4.58. The molecule has 4 heteroatoms. The Hall–Kier alpha value is -0.640. The van der Waals surface area contributed by atoms with Crippen LogP contribution in [0.2, 0.25) is 5.02 Å². The summed E-state index contributed by atoms with van der Waals surface area (Å²) in [5, 5.41) is 2.86. The smallest absolute Gasteiger partial charge is 0.0828 e. The number of rotatable bonds is 0. The zero-order valence-corrected chi connectivity index (χ0v) is 8.99. The zero-order valence-electron chi connectivity index (χ0n) is 7.42. The van der Waals surface area contributed by atoms with Crippen molar-refractivity contribution in [2.45, 2.75) is 13.0 Å². The van der Waals surface area contributed by atoms with E-state index in [9.17, 15) is 0 Å². The van der Waals surface area contributed by atoms with Crippen molar-refractivity contribution in [3.8, 4) is 0 Å². The van der Waals surface area contributed by atoms with Crippen molar-refractivity contribution < 1.29 is 4.74 Å². The van der Waals surface area contributed by atoms with Crippen molar-refractivity contribution in [1.29, 1.82) is 0 Å². The van der Waals surface area contributed by atoms with Gasteiger partial charge in [-0.25, -0.2) is 0 Å². The molecule has 1 aliphatic heterocycles. The molecule has 0 atom stereocenters. The van der Waals surface area contributed by atoms with Gasteiger partial charge in [-0.05, 0) is 11.4 Å². The second kappa shape index (κ2) is 3.19. The molecule has 3 heterocycles. The fraction of sp³-hybridized carbons (Fsp3) is 0.300. The molecule has 14 heavy (non-hydrogen) atoms. The van der Waals surface area contributed by atoms with Crippen LogP contribution in [-0.4, -0.2) is 11.6 Å². The van der Waals surface area contributed by atoms with Crippen LogP contribution < -0.4 is 0 Å². The molecular weight excluding hydrogens is 218 g/mol. The Morgan fingerprint density at radius 1 is 1.50 bits per heavy atom. The molecule has 2 nitrogen and oxygen atoms in total. The molecule has 0 spiro atoms. The molecule has 1 aliphatic rings. The van der Waals surface area contributed by atoms with Crippen LogP contribution in [0.4, 0.5) is 0 Å². The Morgan fingerprint density at radius 2 is 2.43 bits per heavy atom. The van der Waals surface area contributed by atoms with Gasteiger partial charge in [-0.3, -0.25) is 4.98 Å². The van der Waals surface area contributed by atoms with Gasteiger partial charge in [0.1, 0.15) is 0 Å². The predicted octanol–water partition coefficient (Wildman–Crippen LogP) is 3.02. The Bertz CT molecular complexity index is 494. The van der Waals surface area contributed by atoms with Gasteiger partial charge in [-0.15, -0.1) is 11.3 Å². The Labute approximate surface area is 90.5 Å². The predicted molar refractivity (Wildman–Crippen MR) is 58.0 cm³/mol. The summed E-state index contributed by atoms with van der Waals surface area (Å²) in [5.41, 5.74) is 3.20. The van der Waals surface area contributed by atoms with Crippen molar-refractivity contribution in [1.82, 2.24) is 4.98 Å². The number of halogens is 1. The van der Waals surface area contributed by atoms with Crippen LogP contribution in [0.25, 0.3) is 10.2 Å². The molecule has 0 saturated heterocycles. The van der Waals surface area contributed by atoms with Crippen LogP contribution in [0.1, 0.15) is 11.3 Å². The summed E-state index contributed by atoms with van der Waals surface area (Å²) >= 11 is 7.93. The van der Waals surface area contributed by atoms with Crippen molar-refractivity contribution in [2.75, 3.05) is 6.61 Å². The summed E-state index contributed by atoms with van der Waals surface area (Å²) in [6.45, 7) is 1.36. The first kappa shape index (κ1) is 8.65. The highest BCUT2D eigenvalue weighted by molar-refractivity contribution is 7.17. The topological polar surface area (TPSA) is 22.1 Å². The third-order valence-electron chi connectivity index (χ3n) is 2.44. The number of ether oxygens (including phenoxy) is 1. The molecule has 0 saturated carbocycles. The van der Waals surface area contributed by atoms with Gasteiger partial charge in [0.2, 0.25) is 0 Å². The number of pyridine rings is 1. The van der Waals surface area contributed by atoms with Gasteiger partial charge in [0.25, 0.3) is 0 Å². The summed E-state index contributed by atoms with van der Waals surface area (Å²) in [7, 11) is 0. The van der Waals surface area contributed by atoms with Gasteiger partial charge in [0, 0.05) is 12.0 Å². The normalized spacial score (nSPS) is 15.8. The molecule has 0 radical (unpaired) electrons. The largest absolute Gasteiger partial charge is 0.376 e. The van der Waals surface area contributed by atoms with E-state index >= 15 is 0 Å². The summed E-state index contributed by atoms with van der Waals surface area (Å²) < 4.78 is 6.46. The van der Waals surface area contributed by atoms with E-state index in [1.54, 1.807) is 11.3 Å². The van der Waals surface area contributed by atoms with E-state index in [1.165, 1.54) is 0 Å². The van der Waals surface area contributed by atoms with Gasteiger partial charge in [0.15, 0.2) is 0 Å². The van der Waals surface area contributed by atoms with Crippen LogP contribution in [-0.2, 0) is 17.8 Å². The lowest BCUT2D eigenvalue weighted by Crippen LogP contribution is -2.12. The Morgan fingerprint density at radius 3 is 3.36 bits per heavy atom. The van der Waals surface area contributed by atoms with Crippen LogP contribution in [0, 0.1) is 0 Å². The summed E-state index contributed by atoms with van der Waals surface area (Å²) in [5.74, 6) is 0. The fourth-order valence-corrected chi connectivity index (χ4v) is 2.92. The number of hydrogen-bond donors (Lipinski definition) is 0. The summed E-state index contributed by atoms with van der Waals surface area (Å²) in [4.78, 5) is 4.58. The average molecular weight is 226 g/mol. The van der Waals surface area contributed by atoms with E-state index in [-0.39, 0.29) is 0 Å². The van der Waals surface area contributed by atoms with E-state index in [0.29, 0.717) is 6.61 Å². The van der Waals surface area contributed by atoms with Gasteiger partial charge in [0.05, 0.1) is 34.1 Å². The van der Waals surface area contributed by atoms with E-state index in [0.717, 1.165) is 39.5 Å². The lowest BCUT2D eigenvalue weighted by Gasteiger charge is -2.16. The zero-order chi connectivity index (χ0) is 9.54. The lowest BCUT2D eigenvalue weighted by molar-refractivity contribution is 0.109. The maximum atomic E-state index is 6.29. The van der Waals surface area contributed by atoms with Gasteiger partial charge in [-0.1, -0.05) is 11.6 Å². The molecule has 0 aliphatic carbocycles. The quantitative estimate of drug-likeness (QED) is 0.688. The van der Waals surface area contributed by atoms with Crippen molar-refractivity contribution in [3.05, 3.63) is 27.7 Å². The minimum absolute atomic E-state index is 0.606.